The summed E-state index contributed by atoms with van der Waals surface area (Å²) in [4.78, 5) is 28.2. The molecular formula is C31H36FN3O2. The molecule has 0 heterocycles. The zero-order chi connectivity index (χ0) is 26.6. The van der Waals surface area contributed by atoms with Crippen LogP contribution < -0.4 is 11.1 Å². The molecule has 1 fully saturated rings. The second-order valence-electron chi connectivity index (χ2n) is 10.9. The van der Waals surface area contributed by atoms with Gasteiger partial charge in [0.2, 0.25) is 0 Å². The second kappa shape index (κ2) is 11.3. The standard InChI is InChI=1S/C31H36FN3O2/c1-31(2,3)24-16-14-22(15-17-24)29(36)34-26-11-6-8-21(18-26)20-35(28-13-5-4-12-27(28)33)30(37)23-9-7-10-25(32)19-23/h6-11,14-19,27-28H,4-5,12-13,20,33H2,1-3H3,(H,34,36). The molecule has 5 nitrogen and oxygen atoms in total. The van der Waals surface area contributed by atoms with Gasteiger partial charge >= 0.3 is 0 Å². The predicted octanol–water partition coefficient (Wildman–Crippen LogP) is 6.29. The van der Waals surface area contributed by atoms with E-state index in [2.05, 4.69) is 26.1 Å². The molecule has 2 atom stereocenters. The van der Waals surface area contributed by atoms with E-state index in [0.717, 1.165) is 36.8 Å². The van der Waals surface area contributed by atoms with Crippen molar-refractivity contribution in [1.29, 1.82) is 0 Å². The van der Waals surface area contributed by atoms with Gasteiger partial charge in [-0.15, -0.1) is 0 Å². The number of amides is 2. The monoisotopic (exact) mass is 501 g/mol. The molecule has 0 aromatic heterocycles. The lowest BCUT2D eigenvalue weighted by Gasteiger charge is -2.38. The normalized spacial score (nSPS) is 17.8. The van der Waals surface area contributed by atoms with Crippen LogP contribution in [0.25, 0.3) is 0 Å². The van der Waals surface area contributed by atoms with Crippen molar-refractivity contribution < 1.29 is 14.0 Å². The number of carbonyl (C=O) groups is 2. The second-order valence-corrected chi connectivity index (χ2v) is 10.9. The summed E-state index contributed by atoms with van der Waals surface area (Å²) in [5.41, 5.74) is 10.0. The first kappa shape index (κ1) is 26.6. The minimum atomic E-state index is -0.445. The number of nitrogens with two attached hydrogens (primary N) is 1. The van der Waals surface area contributed by atoms with Crippen molar-refractivity contribution in [3.63, 3.8) is 0 Å². The molecular weight excluding hydrogens is 465 g/mol. The molecule has 3 N–H and O–H groups in total. The molecule has 194 valence electrons. The Kier molecular flexibility index (Phi) is 8.08. The lowest BCUT2D eigenvalue weighted by molar-refractivity contribution is 0.0583. The van der Waals surface area contributed by atoms with Gasteiger partial charge in [0.05, 0.1) is 0 Å². The van der Waals surface area contributed by atoms with E-state index in [1.807, 2.05) is 48.5 Å². The Morgan fingerprint density at radius 2 is 1.65 bits per heavy atom. The van der Waals surface area contributed by atoms with Crippen molar-refractivity contribution >= 4 is 17.5 Å². The van der Waals surface area contributed by atoms with Gasteiger partial charge in [-0.2, -0.15) is 0 Å². The number of carbonyl (C=O) groups excluding carboxylic acids is 2. The highest BCUT2D eigenvalue weighted by Crippen LogP contribution is 2.27. The Balaban J connectivity index is 1.54. The van der Waals surface area contributed by atoms with Crippen LogP contribution in [0.4, 0.5) is 10.1 Å². The molecule has 3 aromatic rings. The van der Waals surface area contributed by atoms with Gasteiger partial charge < -0.3 is 16.0 Å². The maximum absolute atomic E-state index is 13.9. The first-order chi connectivity index (χ1) is 17.6. The van der Waals surface area contributed by atoms with Crippen LogP contribution in [0.3, 0.4) is 0 Å². The molecule has 4 rings (SSSR count). The maximum Gasteiger partial charge on any atom is 0.255 e. The summed E-state index contributed by atoms with van der Waals surface area (Å²) >= 11 is 0. The van der Waals surface area contributed by atoms with Gasteiger partial charge in [-0.05, 0) is 71.8 Å². The van der Waals surface area contributed by atoms with E-state index in [4.69, 9.17) is 5.73 Å². The minimum absolute atomic E-state index is 0.0129. The van der Waals surface area contributed by atoms with Gasteiger partial charge in [0.15, 0.2) is 0 Å². The molecule has 0 radical (unpaired) electrons. The van der Waals surface area contributed by atoms with E-state index in [1.165, 1.54) is 12.1 Å². The van der Waals surface area contributed by atoms with Gasteiger partial charge in [-0.25, -0.2) is 4.39 Å². The summed E-state index contributed by atoms with van der Waals surface area (Å²) in [6, 6.07) is 20.6. The van der Waals surface area contributed by atoms with Crippen molar-refractivity contribution in [3.05, 3.63) is 101 Å². The van der Waals surface area contributed by atoms with Crippen LogP contribution in [-0.4, -0.2) is 28.8 Å². The Hall–Kier alpha value is -3.51. The van der Waals surface area contributed by atoms with Gasteiger partial charge in [0.25, 0.3) is 11.8 Å². The largest absolute Gasteiger partial charge is 0.330 e. The zero-order valence-electron chi connectivity index (χ0n) is 21.8. The van der Waals surface area contributed by atoms with Crippen LogP contribution in [-0.2, 0) is 12.0 Å². The molecule has 2 unspecified atom stereocenters. The van der Waals surface area contributed by atoms with Crippen molar-refractivity contribution in [2.45, 2.75) is 70.5 Å². The van der Waals surface area contributed by atoms with Crippen LogP contribution in [0.5, 0.6) is 0 Å². The fraction of sp³-hybridized carbons (Fsp3) is 0.355. The summed E-state index contributed by atoms with van der Waals surface area (Å²) in [7, 11) is 0. The van der Waals surface area contributed by atoms with Crippen LogP contribution in [0, 0.1) is 5.82 Å². The fourth-order valence-corrected chi connectivity index (χ4v) is 4.92. The van der Waals surface area contributed by atoms with E-state index >= 15 is 0 Å². The van der Waals surface area contributed by atoms with Crippen molar-refractivity contribution in [2.24, 2.45) is 5.73 Å². The highest BCUT2D eigenvalue weighted by atomic mass is 19.1. The third-order valence-electron chi connectivity index (χ3n) is 7.07. The number of nitrogens with one attached hydrogen (secondary N) is 1. The fourth-order valence-electron chi connectivity index (χ4n) is 4.92. The van der Waals surface area contributed by atoms with Crippen molar-refractivity contribution in [2.75, 3.05) is 5.32 Å². The molecule has 37 heavy (non-hydrogen) atoms. The highest BCUT2D eigenvalue weighted by molar-refractivity contribution is 6.04. The lowest BCUT2D eigenvalue weighted by Crippen LogP contribution is -2.51. The van der Waals surface area contributed by atoms with Crippen LogP contribution >= 0.6 is 0 Å². The number of benzene rings is 3. The van der Waals surface area contributed by atoms with Crippen molar-refractivity contribution in [1.82, 2.24) is 4.90 Å². The quantitative estimate of drug-likeness (QED) is 0.417. The van der Waals surface area contributed by atoms with Gasteiger partial charge in [-0.3, -0.25) is 9.59 Å². The third-order valence-corrected chi connectivity index (χ3v) is 7.07. The topological polar surface area (TPSA) is 75.4 Å². The third kappa shape index (κ3) is 6.63. The molecule has 1 aliphatic rings. The lowest BCUT2D eigenvalue weighted by atomic mass is 9.87. The van der Waals surface area contributed by atoms with E-state index in [-0.39, 0.29) is 29.3 Å². The first-order valence-corrected chi connectivity index (χ1v) is 12.9. The summed E-state index contributed by atoms with van der Waals surface area (Å²) in [5, 5.41) is 2.97. The van der Waals surface area contributed by atoms with Crippen LogP contribution in [0.15, 0.2) is 72.8 Å². The van der Waals surface area contributed by atoms with Gasteiger partial charge in [-0.1, -0.05) is 63.9 Å². The molecule has 0 saturated heterocycles. The average molecular weight is 502 g/mol. The van der Waals surface area contributed by atoms with E-state index in [9.17, 15) is 14.0 Å². The van der Waals surface area contributed by atoms with E-state index in [0.29, 0.717) is 23.4 Å². The molecule has 0 bridgehead atoms. The number of halogens is 1. The molecule has 1 aliphatic carbocycles. The Bertz CT molecular complexity index is 1250. The Morgan fingerprint density at radius 3 is 2.32 bits per heavy atom. The van der Waals surface area contributed by atoms with Crippen molar-refractivity contribution in [3.8, 4) is 0 Å². The SMILES string of the molecule is CC(C)(C)c1ccc(C(=O)Nc2cccc(CN(C(=O)c3cccc(F)c3)C3CCCCC3N)c2)cc1. The first-order valence-electron chi connectivity index (χ1n) is 12.9. The average Bonchev–Trinajstić information content (AvgIpc) is 2.87. The smallest absolute Gasteiger partial charge is 0.255 e. The zero-order valence-corrected chi connectivity index (χ0v) is 21.8. The minimum Gasteiger partial charge on any atom is -0.330 e. The molecule has 2 amide bonds. The number of rotatable bonds is 6. The number of hydrogen-bond acceptors (Lipinski definition) is 3. The highest BCUT2D eigenvalue weighted by Gasteiger charge is 2.31. The van der Waals surface area contributed by atoms with E-state index < -0.39 is 5.82 Å². The number of nitrogens with zero attached hydrogens (tertiary/aromatic N) is 1. The molecule has 0 aliphatic heterocycles. The summed E-state index contributed by atoms with van der Waals surface area (Å²) in [6.07, 6.45) is 3.69. The molecule has 3 aromatic carbocycles. The number of anilines is 1. The summed E-state index contributed by atoms with van der Waals surface area (Å²) in [6.45, 7) is 6.72. The predicted molar refractivity (Wildman–Crippen MR) is 146 cm³/mol. The van der Waals surface area contributed by atoms with Crippen LogP contribution in [0.2, 0.25) is 0 Å². The summed E-state index contributed by atoms with van der Waals surface area (Å²) < 4.78 is 13.9. The molecule has 0 spiro atoms. The number of hydrogen-bond donors (Lipinski definition) is 2. The van der Waals surface area contributed by atoms with E-state index in [1.54, 1.807) is 17.0 Å². The van der Waals surface area contributed by atoms with Crippen LogP contribution in [0.1, 0.15) is 78.3 Å². The maximum atomic E-state index is 13.9. The molecule has 6 heteroatoms. The van der Waals surface area contributed by atoms with Gasteiger partial charge in [0.1, 0.15) is 5.82 Å². The molecule has 1 saturated carbocycles. The van der Waals surface area contributed by atoms with Gasteiger partial charge in [0, 0.05) is 35.4 Å². The Morgan fingerprint density at radius 1 is 0.946 bits per heavy atom. The Labute approximate surface area is 218 Å². The summed E-state index contributed by atoms with van der Waals surface area (Å²) in [5.74, 6) is -0.881.